The first-order chi connectivity index (χ1) is 14.3. The van der Waals surface area contributed by atoms with E-state index in [9.17, 15) is 4.79 Å². The molecule has 29 heavy (non-hydrogen) atoms. The fourth-order valence-corrected chi connectivity index (χ4v) is 4.09. The number of hydrogen-bond donors (Lipinski definition) is 0. The lowest BCUT2D eigenvalue weighted by Crippen LogP contribution is -2.19. The maximum absolute atomic E-state index is 12.2. The lowest BCUT2D eigenvalue weighted by molar-refractivity contribution is -0.116. The van der Waals surface area contributed by atoms with Crippen molar-refractivity contribution in [1.82, 2.24) is 0 Å². The minimum Gasteiger partial charge on any atom is -0.272 e. The number of para-hydroxylation sites is 1. The Morgan fingerprint density at radius 1 is 0.724 bits per heavy atom. The number of benzene rings is 1. The van der Waals surface area contributed by atoms with E-state index in [-0.39, 0.29) is 5.91 Å². The van der Waals surface area contributed by atoms with Gasteiger partial charge in [-0.15, -0.1) is 0 Å². The first-order valence-electron chi connectivity index (χ1n) is 12.3. The van der Waals surface area contributed by atoms with E-state index in [0.717, 1.165) is 24.2 Å². The summed E-state index contributed by atoms with van der Waals surface area (Å²) in [4.78, 5) is 12.2. The standard InChI is InChI=1S/C26H42N2O/c1-2-3-4-5-6-7-8-9-10-11-12-13-14-15-17-20-24-23-26(29)28(27-24)25-21-18-16-19-22-25/h16,18-19,21-22H,2-15,17,20,23H2,1H3. The molecule has 1 aromatic carbocycles. The first kappa shape index (κ1) is 23.6. The van der Waals surface area contributed by atoms with Crippen molar-refractivity contribution in [3.05, 3.63) is 30.3 Å². The first-order valence-corrected chi connectivity index (χ1v) is 12.3. The summed E-state index contributed by atoms with van der Waals surface area (Å²) in [5, 5.41) is 6.11. The molecule has 1 aliphatic rings. The number of carbonyl (C=O) groups excluding carboxylic acids is 1. The van der Waals surface area contributed by atoms with Gasteiger partial charge in [0.2, 0.25) is 0 Å². The summed E-state index contributed by atoms with van der Waals surface area (Å²) >= 11 is 0. The zero-order valence-electron chi connectivity index (χ0n) is 18.7. The van der Waals surface area contributed by atoms with Crippen molar-refractivity contribution in [2.75, 3.05) is 5.01 Å². The molecule has 0 bridgehead atoms. The van der Waals surface area contributed by atoms with Gasteiger partial charge in [-0.2, -0.15) is 5.10 Å². The molecule has 1 amide bonds. The van der Waals surface area contributed by atoms with Gasteiger partial charge in [-0.25, -0.2) is 5.01 Å². The maximum Gasteiger partial charge on any atom is 0.253 e. The van der Waals surface area contributed by atoms with Crippen molar-refractivity contribution in [3.63, 3.8) is 0 Å². The molecule has 0 saturated carbocycles. The summed E-state index contributed by atoms with van der Waals surface area (Å²) < 4.78 is 0. The Kier molecular flexibility index (Phi) is 12.4. The van der Waals surface area contributed by atoms with E-state index >= 15 is 0 Å². The van der Waals surface area contributed by atoms with Crippen molar-refractivity contribution in [1.29, 1.82) is 0 Å². The van der Waals surface area contributed by atoms with Crippen molar-refractivity contribution in [2.24, 2.45) is 5.10 Å². The Labute approximate surface area is 179 Å². The zero-order chi connectivity index (χ0) is 20.6. The SMILES string of the molecule is CCCCCCCCCCCCCCCCCC1=NN(c2ccccc2)C(=O)C1. The normalized spacial score (nSPS) is 13.9. The van der Waals surface area contributed by atoms with E-state index < -0.39 is 0 Å². The largest absolute Gasteiger partial charge is 0.272 e. The molecule has 1 heterocycles. The van der Waals surface area contributed by atoms with E-state index in [0.29, 0.717) is 6.42 Å². The number of hydrogen-bond acceptors (Lipinski definition) is 2. The Morgan fingerprint density at radius 2 is 1.21 bits per heavy atom. The summed E-state index contributed by atoms with van der Waals surface area (Å²) in [5.41, 5.74) is 1.93. The van der Waals surface area contributed by atoms with E-state index in [2.05, 4.69) is 12.0 Å². The van der Waals surface area contributed by atoms with Gasteiger partial charge in [0.15, 0.2) is 0 Å². The second kappa shape index (κ2) is 15.2. The Morgan fingerprint density at radius 3 is 1.72 bits per heavy atom. The molecule has 2 rings (SSSR count). The lowest BCUT2D eigenvalue weighted by atomic mass is 10.0. The van der Waals surface area contributed by atoms with Crippen molar-refractivity contribution in [2.45, 2.75) is 116 Å². The average molecular weight is 399 g/mol. The monoisotopic (exact) mass is 398 g/mol. The van der Waals surface area contributed by atoms with Crippen LogP contribution in [0.15, 0.2) is 35.4 Å². The Hall–Kier alpha value is -1.64. The molecule has 0 N–H and O–H groups in total. The van der Waals surface area contributed by atoms with Crippen LogP contribution in [0, 0.1) is 0 Å². The van der Waals surface area contributed by atoms with Crippen molar-refractivity contribution < 1.29 is 4.79 Å². The van der Waals surface area contributed by atoms with Gasteiger partial charge in [-0.1, -0.05) is 115 Å². The third-order valence-electron chi connectivity index (χ3n) is 5.90. The maximum atomic E-state index is 12.2. The highest BCUT2D eigenvalue weighted by molar-refractivity contribution is 6.12. The van der Waals surface area contributed by atoms with Gasteiger partial charge in [-0.3, -0.25) is 4.79 Å². The minimum absolute atomic E-state index is 0.104. The highest BCUT2D eigenvalue weighted by atomic mass is 16.2. The van der Waals surface area contributed by atoms with Crippen LogP contribution in [0.3, 0.4) is 0 Å². The molecular weight excluding hydrogens is 356 g/mol. The molecule has 0 atom stereocenters. The molecule has 0 saturated heterocycles. The van der Waals surface area contributed by atoms with Crippen LogP contribution in [0.4, 0.5) is 5.69 Å². The third kappa shape index (κ3) is 10.1. The van der Waals surface area contributed by atoms with Crippen LogP contribution in [0.25, 0.3) is 0 Å². The predicted octanol–water partition coefficient (Wildman–Crippen LogP) is 8.04. The topological polar surface area (TPSA) is 32.7 Å². The van der Waals surface area contributed by atoms with Crippen LogP contribution in [0.5, 0.6) is 0 Å². The highest BCUT2D eigenvalue weighted by Gasteiger charge is 2.24. The minimum atomic E-state index is 0.104. The predicted molar refractivity (Wildman–Crippen MR) is 126 cm³/mol. The van der Waals surface area contributed by atoms with Gasteiger partial charge >= 0.3 is 0 Å². The Bertz CT molecular complexity index is 582. The van der Waals surface area contributed by atoms with Gasteiger partial charge in [0, 0.05) is 5.71 Å². The Balaban J connectivity index is 1.40. The number of amides is 1. The van der Waals surface area contributed by atoms with Gasteiger partial charge < -0.3 is 0 Å². The second-order valence-corrected chi connectivity index (χ2v) is 8.58. The van der Waals surface area contributed by atoms with E-state index in [1.54, 1.807) is 5.01 Å². The smallest absolute Gasteiger partial charge is 0.253 e. The molecule has 1 aromatic rings. The quantitative estimate of drug-likeness (QED) is 0.244. The van der Waals surface area contributed by atoms with Gasteiger partial charge in [0.25, 0.3) is 5.91 Å². The van der Waals surface area contributed by atoms with Crippen molar-refractivity contribution in [3.8, 4) is 0 Å². The van der Waals surface area contributed by atoms with Crippen LogP contribution in [0.1, 0.15) is 116 Å². The molecule has 0 unspecified atom stereocenters. The summed E-state index contributed by atoms with van der Waals surface area (Å²) in [5.74, 6) is 0.104. The number of carbonyl (C=O) groups is 1. The average Bonchev–Trinajstić information content (AvgIpc) is 3.12. The number of unbranched alkanes of at least 4 members (excludes halogenated alkanes) is 14. The molecule has 3 heteroatoms. The summed E-state index contributed by atoms with van der Waals surface area (Å²) in [6.07, 6.45) is 22.2. The van der Waals surface area contributed by atoms with Crippen LogP contribution in [0.2, 0.25) is 0 Å². The fourth-order valence-electron chi connectivity index (χ4n) is 4.09. The van der Waals surface area contributed by atoms with Crippen LogP contribution in [-0.4, -0.2) is 11.6 Å². The number of anilines is 1. The number of rotatable bonds is 17. The molecular formula is C26H42N2O. The summed E-state index contributed by atoms with van der Waals surface area (Å²) in [6.45, 7) is 2.28. The molecule has 3 nitrogen and oxygen atoms in total. The fraction of sp³-hybridized carbons (Fsp3) is 0.692. The van der Waals surface area contributed by atoms with Gasteiger partial charge in [0.05, 0.1) is 12.1 Å². The second-order valence-electron chi connectivity index (χ2n) is 8.58. The van der Waals surface area contributed by atoms with Crippen LogP contribution in [-0.2, 0) is 4.79 Å². The molecule has 0 aromatic heterocycles. The third-order valence-corrected chi connectivity index (χ3v) is 5.90. The molecule has 0 spiro atoms. The van der Waals surface area contributed by atoms with Crippen molar-refractivity contribution >= 4 is 17.3 Å². The molecule has 0 radical (unpaired) electrons. The van der Waals surface area contributed by atoms with E-state index in [1.807, 2.05) is 30.3 Å². The lowest BCUT2D eigenvalue weighted by Gasteiger charge is -2.10. The number of nitrogens with zero attached hydrogens (tertiary/aromatic N) is 2. The summed E-state index contributed by atoms with van der Waals surface area (Å²) in [6, 6.07) is 9.75. The van der Waals surface area contributed by atoms with Crippen LogP contribution >= 0.6 is 0 Å². The molecule has 162 valence electrons. The molecule has 1 aliphatic heterocycles. The summed E-state index contributed by atoms with van der Waals surface area (Å²) in [7, 11) is 0. The van der Waals surface area contributed by atoms with Gasteiger partial charge in [0.1, 0.15) is 0 Å². The molecule has 0 fully saturated rings. The van der Waals surface area contributed by atoms with E-state index in [4.69, 9.17) is 0 Å². The van der Waals surface area contributed by atoms with Crippen LogP contribution < -0.4 is 5.01 Å². The molecule has 0 aliphatic carbocycles. The van der Waals surface area contributed by atoms with Gasteiger partial charge in [-0.05, 0) is 25.0 Å². The zero-order valence-corrected chi connectivity index (χ0v) is 18.7. The number of hydrazone groups is 1. The van der Waals surface area contributed by atoms with E-state index in [1.165, 1.54) is 89.9 Å². The highest BCUT2D eigenvalue weighted by Crippen LogP contribution is 2.22.